The molecule has 0 fully saturated rings. The van der Waals surface area contributed by atoms with Crippen molar-refractivity contribution in [2.45, 2.75) is 309 Å². The van der Waals surface area contributed by atoms with E-state index in [2.05, 4.69) is 19.2 Å². The van der Waals surface area contributed by atoms with E-state index in [1.165, 1.54) is 212 Å². The molecule has 60 heavy (non-hydrogen) atoms. The number of hydrogen-bond acceptors (Lipinski definition) is 5. The van der Waals surface area contributed by atoms with Gasteiger partial charge in [0.25, 0.3) is 0 Å². The van der Waals surface area contributed by atoms with E-state index in [0.29, 0.717) is 19.4 Å². The Morgan fingerprint density at radius 3 is 1.13 bits per heavy atom. The van der Waals surface area contributed by atoms with Crippen LogP contribution in [-0.2, 0) is 14.3 Å². The number of nitrogens with one attached hydrogen (secondary N) is 1. The number of esters is 1. The highest BCUT2D eigenvalue weighted by Gasteiger charge is 2.18. The summed E-state index contributed by atoms with van der Waals surface area (Å²) in [5, 5.41) is 23.0. The summed E-state index contributed by atoms with van der Waals surface area (Å²) in [5.41, 5.74) is 0. The highest BCUT2D eigenvalue weighted by atomic mass is 16.5. The predicted octanol–water partition coefficient (Wildman–Crippen LogP) is 16.1. The fourth-order valence-electron chi connectivity index (χ4n) is 8.40. The van der Waals surface area contributed by atoms with Gasteiger partial charge in [-0.25, -0.2) is 0 Å². The number of ether oxygens (including phenoxy) is 1. The van der Waals surface area contributed by atoms with Crippen molar-refractivity contribution in [3.63, 3.8) is 0 Å². The minimum Gasteiger partial charge on any atom is -0.466 e. The minimum absolute atomic E-state index is 0.000147. The SMILES string of the molecule is CCCCCCCCCCCCC/C=C/C(O)C(CO)NC(=O)CCCCCCCCCCCCCCCCOC(=O)CCCCCCCCCCCCCCCCCC. The van der Waals surface area contributed by atoms with Crippen LogP contribution in [0, 0.1) is 0 Å². The topological polar surface area (TPSA) is 95.9 Å². The minimum atomic E-state index is -0.849. The Labute approximate surface area is 374 Å². The predicted molar refractivity (Wildman–Crippen MR) is 260 cm³/mol. The number of aliphatic hydroxyl groups excluding tert-OH is 2. The van der Waals surface area contributed by atoms with Crippen LogP contribution in [0.3, 0.4) is 0 Å². The Kier molecular flexibility index (Phi) is 49.1. The van der Waals surface area contributed by atoms with E-state index < -0.39 is 12.1 Å². The average molecular weight is 848 g/mol. The molecule has 0 aromatic carbocycles. The Bertz CT molecular complexity index is 893. The molecule has 0 aliphatic rings. The van der Waals surface area contributed by atoms with Crippen LogP contribution >= 0.6 is 0 Å². The summed E-state index contributed by atoms with van der Waals surface area (Å²) in [4.78, 5) is 24.5. The van der Waals surface area contributed by atoms with Crippen LogP contribution < -0.4 is 5.32 Å². The summed E-state index contributed by atoms with van der Waals surface area (Å²) in [6, 6.07) is -0.634. The first kappa shape index (κ1) is 58.6. The largest absolute Gasteiger partial charge is 0.466 e. The molecule has 3 N–H and O–H groups in total. The molecule has 0 aromatic heterocycles. The molecule has 0 heterocycles. The Morgan fingerprint density at radius 1 is 0.450 bits per heavy atom. The number of aliphatic hydroxyl groups is 2. The maximum atomic E-state index is 12.4. The molecule has 356 valence electrons. The zero-order valence-corrected chi connectivity index (χ0v) is 40.5. The molecule has 0 aliphatic carbocycles. The van der Waals surface area contributed by atoms with Gasteiger partial charge >= 0.3 is 5.97 Å². The number of carbonyl (C=O) groups excluding carboxylic acids is 2. The molecular weight excluding hydrogens is 743 g/mol. The second-order valence-electron chi connectivity index (χ2n) is 18.6. The molecule has 1 amide bonds. The fourth-order valence-corrected chi connectivity index (χ4v) is 8.40. The van der Waals surface area contributed by atoms with E-state index in [9.17, 15) is 19.8 Å². The number of allylic oxidation sites excluding steroid dienone is 1. The summed E-state index contributed by atoms with van der Waals surface area (Å²) in [5.74, 6) is -0.0775. The van der Waals surface area contributed by atoms with Gasteiger partial charge in [0.05, 0.1) is 25.4 Å². The number of carbonyl (C=O) groups is 2. The fraction of sp³-hybridized carbons (Fsp3) is 0.926. The highest BCUT2D eigenvalue weighted by Crippen LogP contribution is 2.17. The van der Waals surface area contributed by atoms with Crippen molar-refractivity contribution in [3.05, 3.63) is 12.2 Å². The van der Waals surface area contributed by atoms with Gasteiger partial charge in [-0.1, -0.05) is 264 Å². The summed E-state index contributed by atoms with van der Waals surface area (Å²) in [6.45, 7) is 4.89. The molecule has 0 rings (SSSR count). The monoisotopic (exact) mass is 848 g/mol. The van der Waals surface area contributed by atoms with Gasteiger partial charge in [-0.3, -0.25) is 9.59 Å². The normalized spacial score (nSPS) is 12.7. The second-order valence-corrected chi connectivity index (χ2v) is 18.6. The average Bonchev–Trinajstić information content (AvgIpc) is 3.25. The number of amides is 1. The van der Waals surface area contributed by atoms with E-state index >= 15 is 0 Å². The molecular formula is C54H105NO5. The first-order valence-electron chi connectivity index (χ1n) is 27.0. The van der Waals surface area contributed by atoms with Crippen molar-refractivity contribution in [1.82, 2.24) is 5.32 Å². The molecule has 0 radical (unpaired) electrons. The van der Waals surface area contributed by atoms with Gasteiger partial charge in [0, 0.05) is 12.8 Å². The molecule has 0 spiro atoms. The van der Waals surface area contributed by atoms with E-state index in [0.717, 1.165) is 57.8 Å². The number of unbranched alkanes of at least 4 members (excludes halogenated alkanes) is 39. The van der Waals surface area contributed by atoms with Crippen LogP contribution in [0.4, 0.5) is 0 Å². The third-order valence-electron chi connectivity index (χ3n) is 12.6. The first-order chi connectivity index (χ1) is 29.5. The smallest absolute Gasteiger partial charge is 0.305 e. The molecule has 6 nitrogen and oxygen atoms in total. The lowest BCUT2D eigenvalue weighted by Crippen LogP contribution is -2.45. The standard InChI is InChI=1S/C54H105NO5/c1-3-5-7-9-11-13-15-17-18-19-24-28-32-36-40-44-48-54(59)60-49-45-41-37-33-29-25-21-20-23-27-31-35-39-43-47-53(58)55-51(50-56)52(57)46-42-38-34-30-26-22-16-14-12-10-8-6-4-2/h42,46,51-52,56-57H,3-41,43-45,47-50H2,1-2H3,(H,55,58)/b46-42+. The Hall–Kier alpha value is -1.40. The van der Waals surface area contributed by atoms with Gasteiger partial charge in [0.15, 0.2) is 0 Å². The summed E-state index contributed by atoms with van der Waals surface area (Å²) in [6.07, 6.45) is 57.9. The number of rotatable bonds is 50. The van der Waals surface area contributed by atoms with Gasteiger partial charge in [-0.05, 0) is 32.1 Å². The zero-order chi connectivity index (χ0) is 43.7. The molecule has 0 saturated heterocycles. The van der Waals surface area contributed by atoms with Crippen LogP contribution in [0.5, 0.6) is 0 Å². The van der Waals surface area contributed by atoms with Crippen molar-refractivity contribution in [2.75, 3.05) is 13.2 Å². The van der Waals surface area contributed by atoms with E-state index in [1.807, 2.05) is 6.08 Å². The molecule has 0 saturated carbocycles. The van der Waals surface area contributed by atoms with E-state index in [1.54, 1.807) is 6.08 Å². The van der Waals surface area contributed by atoms with Crippen molar-refractivity contribution < 1.29 is 24.5 Å². The quantitative estimate of drug-likeness (QED) is 0.0322. The van der Waals surface area contributed by atoms with Crippen molar-refractivity contribution in [2.24, 2.45) is 0 Å². The van der Waals surface area contributed by atoms with Crippen molar-refractivity contribution in [3.8, 4) is 0 Å². The first-order valence-corrected chi connectivity index (χ1v) is 27.0. The third kappa shape index (κ3) is 46.1. The van der Waals surface area contributed by atoms with Crippen LogP contribution in [0.25, 0.3) is 0 Å². The zero-order valence-electron chi connectivity index (χ0n) is 40.5. The molecule has 2 atom stereocenters. The highest BCUT2D eigenvalue weighted by molar-refractivity contribution is 5.76. The molecule has 6 heteroatoms. The van der Waals surface area contributed by atoms with Crippen molar-refractivity contribution >= 4 is 11.9 Å². The third-order valence-corrected chi connectivity index (χ3v) is 12.6. The Balaban J connectivity index is 3.44. The van der Waals surface area contributed by atoms with Crippen LogP contribution in [0.15, 0.2) is 12.2 Å². The van der Waals surface area contributed by atoms with Crippen molar-refractivity contribution in [1.29, 1.82) is 0 Å². The summed E-state index contributed by atoms with van der Waals surface area (Å²) < 4.78 is 5.48. The lowest BCUT2D eigenvalue weighted by atomic mass is 10.0. The summed E-state index contributed by atoms with van der Waals surface area (Å²) >= 11 is 0. The maximum Gasteiger partial charge on any atom is 0.305 e. The maximum absolute atomic E-state index is 12.4. The number of hydrogen-bond donors (Lipinski definition) is 3. The van der Waals surface area contributed by atoms with E-state index in [-0.39, 0.29) is 18.5 Å². The van der Waals surface area contributed by atoms with E-state index in [4.69, 9.17) is 4.74 Å². The molecule has 0 aromatic rings. The molecule has 2 unspecified atom stereocenters. The second kappa shape index (κ2) is 50.2. The molecule has 0 bridgehead atoms. The Morgan fingerprint density at radius 2 is 0.767 bits per heavy atom. The van der Waals surface area contributed by atoms with Gasteiger partial charge < -0.3 is 20.3 Å². The van der Waals surface area contributed by atoms with Gasteiger partial charge in [0.2, 0.25) is 5.91 Å². The summed E-state index contributed by atoms with van der Waals surface area (Å²) in [7, 11) is 0. The van der Waals surface area contributed by atoms with Crippen LogP contribution in [0.2, 0.25) is 0 Å². The lowest BCUT2D eigenvalue weighted by Gasteiger charge is -2.20. The lowest BCUT2D eigenvalue weighted by molar-refractivity contribution is -0.143. The van der Waals surface area contributed by atoms with Gasteiger partial charge in [-0.15, -0.1) is 0 Å². The van der Waals surface area contributed by atoms with Crippen LogP contribution in [0.1, 0.15) is 296 Å². The van der Waals surface area contributed by atoms with Gasteiger partial charge in [0.1, 0.15) is 0 Å². The molecule has 0 aliphatic heterocycles. The van der Waals surface area contributed by atoms with Gasteiger partial charge in [-0.2, -0.15) is 0 Å². The van der Waals surface area contributed by atoms with Crippen LogP contribution in [-0.4, -0.2) is 47.4 Å².